The van der Waals surface area contributed by atoms with E-state index in [0.29, 0.717) is 12.8 Å². The largest absolute Gasteiger partial charge is 0.298 e. The van der Waals surface area contributed by atoms with Crippen molar-refractivity contribution in [1.29, 1.82) is 0 Å². The van der Waals surface area contributed by atoms with Crippen molar-refractivity contribution < 1.29 is 19.4 Å². The van der Waals surface area contributed by atoms with E-state index in [0.717, 1.165) is 18.2 Å². The maximum absolute atomic E-state index is 13.4. The lowest BCUT2D eigenvalue weighted by Gasteiger charge is -2.33. The van der Waals surface area contributed by atoms with Gasteiger partial charge in [-0.3, -0.25) is 34.8 Å². The van der Waals surface area contributed by atoms with Gasteiger partial charge in [0, 0.05) is 30.3 Å². The van der Waals surface area contributed by atoms with Gasteiger partial charge in [-0.2, -0.15) is 0 Å². The molecule has 1 atom stereocenters. The lowest BCUT2D eigenvalue weighted by molar-refractivity contribution is -0.394. The number of nitro groups is 2. The molecule has 0 amide bonds. The molecule has 0 aliphatic heterocycles. The van der Waals surface area contributed by atoms with E-state index in [1.807, 2.05) is 0 Å². The number of nitro benzene ring substituents is 2. The first kappa shape index (κ1) is 18.3. The second kappa shape index (κ2) is 7.02. The number of ketones is 2. The molecule has 0 spiro atoms. The molecule has 0 bridgehead atoms. The molecule has 1 aliphatic carbocycles. The van der Waals surface area contributed by atoms with E-state index in [9.17, 15) is 29.8 Å². The van der Waals surface area contributed by atoms with Gasteiger partial charge in [-0.15, -0.1) is 0 Å². The van der Waals surface area contributed by atoms with Gasteiger partial charge in [0.25, 0.3) is 11.4 Å². The monoisotopic (exact) mass is 369 g/mol. The number of pyridine rings is 1. The minimum atomic E-state index is -1.58. The summed E-state index contributed by atoms with van der Waals surface area (Å²) in [6.07, 6.45) is 3.08. The van der Waals surface area contributed by atoms with Crippen LogP contribution in [0.1, 0.15) is 41.7 Å². The molecule has 1 aromatic carbocycles. The fraction of sp³-hybridized carbons (Fsp3) is 0.278. The molecule has 1 aromatic heterocycles. The van der Waals surface area contributed by atoms with Gasteiger partial charge in [-0.25, -0.2) is 0 Å². The minimum Gasteiger partial charge on any atom is -0.298 e. The van der Waals surface area contributed by atoms with Gasteiger partial charge in [0.1, 0.15) is 5.41 Å². The van der Waals surface area contributed by atoms with Crippen molar-refractivity contribution in [1.82, 2.24) is 4.98 Å². The number of Topliss-reactive ketones (excluding diaryl/α,β-unsaturated/α-hetero) is 2. The molecule has 0 N–H and O–H groups in total. The molecular formula is C18H15N3O6. The third-order valence-electron chi connectivity index (χ3n) is 4.76. The third-order valence-corrected chi connectivity index (χ3v) is 4.76. The van der Waals surface area contributed by atoms with Gasteiger partial charge < -0.3 is 0 Å². The Bertz CT molecular complexity index is 911. The van der Waals surface area contributed by atoms with E-state index in [4.69, 9.17) is 0 Å². The highest BCUT2D eigenvalue weighted by Crippen LogP contribution is 2.39. The zero-order chi connectivity index (χ0) is 19.6. The fourth-order valence-electron chi connectivity index (χ4n) is 3.45. The molecule has 1 saturated carbocycles. The first-order valence-corrected chi connectivity index (χ1v) is 8.30. The minimum absolute atomic E-state index is 0.180. The molecule has 2 aromatic rings. The average molecular weight is 369 g/mol. The van der Waals surface area contributed by atoms with Gasteiger partial charge >= 0.3 is 0 Å². The molecule has 1 aliphatic rings. The summed E-state index contributed by atoms with van der Waals surface area (Å²) in [5.74, 6) is -1.02. The number of hydrogen-bond acceptors (Lipinski definition) is 7. The highest BCUT2D eigenvalue weighted by atomic mass is 16.6. The van der Waals surface area contributed by atoms with Crippen LogP contribution in [0.4, 0.5) is 11.4 Å². The molecule has 138 valence electrons. The second-order valence-electron chi connectivity index (χ2n) is 6.33. The van der Waals surface area contributed by atoms with Crippen molar-refractivity contribution in [2.24, 2.45) is 0 Å². The van der Waals surface area contributed by atoms with Crippen molar-refractivity contribution in [2.45, 2.75) is 31.1 Å². The van der Waals surface area contributed by atoms with Crippen LogP contribution in [0, 0.1) is 20.2 Å². The molecule has 0 saturated heterocycles. The maximum atomic E-state index is 13.4. The second-order valence-corrected chi connectivity index (χ2v) is 6.33. The summed E-state index contributed by atoms with van der Waals surface area (Å²) in [6, 6.07) is 7.59. The summed E-state index contributed by atoms with van der Waals surface area (Å²) in [5, 5.41) is 22.3. The summed E-state index contributed by atoms with van der Waals surface area (Å²) in [5.41, 5.74) is -2.72. The molecule has 3 rings (SSSR count). The SMILES string of the molecule is O=C1CCCCC1(C(=O)c1cc([N+](=O)[O-])cc([N+](=O)[O-])c1)c1ccccn1. The Hall–Kier alpha value is -3.49. The van der Waals surface area contributed by atoms with Gasteiger partial charge in [0.2, 0.25) is 0 Å². The van der Waals surface area contributed by atoms with Crippen LogP contribution in [0.15, 0.2) is 42.6 Å². The van der Waals surface area contributed by atoms with Crippen LogP contribution in [-0.2, 0) is 10.2 Å². The molecule has 1 heterocycles. The van der Waals surface area contributed by atoms with Crippen molar-refractivity contribution in [3.8, 4) is 0 Å². The molecular weight excluding hydrogens is 354 g/mol. The van der Waals surface area contributed by atoms with E-state index in [2.05, 4.69) is 4.98 Å². The predicted octanol–water partition coefficient (Wildman–Crippen LogP) is 3.16. The maximum Gasteiger partial charge on any atom is 0.277 e. The molecule has 9 heteroatoms. The Morgan fingerprint density at radius 1 is 1.04 bits per heavy atom. The zero-order valence-electron chi connectivity index (χ0n) is 14.2. The van der Waals surface area contributed by atoms with Gasteiger partial charge in [-0.05, 0) is 25.0 Å². The number of carbonyl (C=O) groups excluding carboxylic acids is 2. The molecule has 0 radical (unpaired) electrons. The Labute approximate surface area is 153 Å². The smallest absolute Gasteiger partial charge is 0.277 e. The Balaban J connectivity index is 2.20. The number of rotatable bonds is 5. The Morgan fingerprint density at radius 3 is 2.22 bits per heavy atom. The van der Waals surface area contributed by atoms with Crippen LogP contribution in [-0.4, -0.2) is 26.4 Å². The van der Waals surface area contributed by atoms with Crippen LogP contribution < -0.4 is 0 Å². The van der Waals surface area contributed by atoms with E-state index in [-0.39, 0.29) is 29.9 Å². The van der Waals surface area contributed by atoms with Crippen LogP contribution in [0.25, 0.3) is 0 Å². The lowest BCUT2D eigenvalue weighted by atomic mass is 9.66. The van der Waals surface area contributed by atoms with Crippen LogP contribution in [0.5, 0.6) is 0 Å². The third kappa shape index (κ3) is 3.19. The summed E-state index contributed by atoms with van der Waals surface area (Å²) >= 11 is 0. The first-order chi connectivity index (χ1) is 12.9. The summed E-state index contributed by atoms with van der Waals surface area (Å²) in [4.78, 5) is 51.0. The topological polar surface area (TPSA) is 133 Å². The standard InChI is InChI=1S/C18H15N3O6/c22-16-6-1-3-7-18(16,15-5-2-4-8-19-15)17(23)12-9-13(20(24)25)11-14(10-12)21(26)27/h2,4-5,8-11H,1,3,6-7H2. The number of carbonyl (C=O) groups is 2. The van der Waals surface area contributed by atoms with Crippen LogP contribution in [0.3, 0.4) is 0 Å². The molecule has 27 heavy (non-hydrogen) atoms. The van der Waals surface area contributed by atoms with Crippen LogP contribution in [0.2, 0.25) is 0 Å². The number of non-ortho nitro benzene ring substituents is 2. The van der Waals surface area contributed by atoms with E-state index < -0.39 is 32.4 Å². The predicted molar refractivity (Wildman–Crippen MR) is 93.5 cm³/mol. The molecule has 1 unspecified atom stereocenters. The lowest BCUT2D eigenvalue weighted by Crippen LogP contribution is -2.46. The van der Waals surface area contributed by atoms with Crippen molar-refractivity contribution >= 4 is 22.9 Å². The van der Waals surface area contributed by atoms with E-state index in [1.165, 1.54) is 6.20 Å². The number of aromatic nitrogens is 1. The Kier molecular flexibility index (Phi) is 4.76. The average Bonchev–Trinajstić information content (AvgIpc) is 2.68. The van der Waals surface area contributed by atoms with Crippen molar-refractivity contribution in [3.05, 3.63) is 74.1 Å². The summed E-state index contributed by atoms with van der Waals surface area (Å²) in [7, 11) is 0. The highest BCUT2D eigenvalue weighted by Gasteiger charge is 2.49. The summed E-state index contributed by atoms with van der Waals surface area (Å²) < 4.78 is 0. The van der Waals surface area contributed by atoms with Gasteiger partial charge in [-0.1, -0.05) is 12.5 Å². The fourth-order valence-corrected chi connectivity index (χ4v) is 3.45. The summed E-state index contributed by atoms with van der Waals surface area (Å²) in [6.45, 7) is 0. The quantitative estimate of drug-likeness (QED) is 0.342. The number of hydrogen-bond donors (Lipinski definition) is 0. The van der Waals surface area contributed by atoms with Gasteiger partial charge in [0.15, 0.2) is 11.6 Å². The Morgan fingerprint density at radius 2 is 1.70 bits per heavy atom. The number of benzene rings is 1. The highest BCUT2D eigenvalue weighted by molar-refractivity contribution is 6.19. The van der Waals surface area contributed by atoms with E-state index >= 15 is 0 Å². The molecule has 9 nitrogen and oxygen atoms in total. The van der Waals surface area contributed by atoms with Crippen LogP contribution >= 0.6 is 0 Å². The van der Waals surface area contributed by atoms with Crippen molar-refractivity contribution in [2.75, 3.05) is 0 Å². The van der Waals surface area contributed by atoms with E-state index in [1.54, 1.807) is 18.2 Å². The molecule has 1 fully saturated rings. The first-order valence-electron chi connectivity index (χ1n) is 8.30. The normalized spacial score (nSPS) is 19.5. The number of nitrogens with zero attached hydrogens (tertiary/aromatic N) is 3. The zero-order valence-corrected chi connectivity index (χ0v) is 14.2. The van der Waals surface area contributed by atoms with Crippen molar-refractivity contribution in [3.63, 3.8) is 0 Å². The van der Waals surface area contributed by atoms with Gasteiger partial charge in [0.05, 0.1) is 21.6 Å².